The van der Waals surface area contributed by atoms with E-state index in [0.29, 0.717) is 0 Å². The zero-order valence-electron chi connectivity index (χ0n) is 10.0. The Hall–Kier alpha value is -1.78. The van der Waals surface area contributed by atoms with Crippen molar-refractivity contribution in [2.24, 2.45) is 0 Å². The molecule has 0 bridgehead atoms. The molecule has 0 amide bonds. The maximum atomic E-state index is 2.45. The van der Waals surface area contributed by atoms with E-state index in [9.17, 15) is 0 Å². The van der Waals surface area contributed by atoms with E-state index >= 15 is 0 Å². The van der Waals surface area contributed by atoms with E-state index in [1.807, 2.05) is 0 Å². The van der Waals surface area contributed by atoms with Crippen molar-refractivity contribution in [3.05, 3.63) is 71.3 Å². The number of benzene rings is 2. The molecule has 4 rings (SSSR count). The molecule has 0 unspecified atom stereocenters. The van der Waals surface area contributed by atoms with Gasteiger partial charge in [-0.2, -0.15) is 0 Å². The Morgan fingerprint density at radius 3 is 2.17 bits per heavy atom. The van der Waals surface area contributed by atoms with Gasteiger partial charge in [0.2, 0.25) is 0 Å². The van der Waals surface area contributed by atoms with Crippen LogP contribution in [0.15, 0.2) is 60.1 Å². The predicted octanol–water partition coefficient (Wildman–Crippen LogP) is 5.38. The summed E-state index contributed by atoms with van der Waals surface area (Å²) in [5, 5.41) is 4.39. The van der Waals surface area contributed by atoms with Crippen LogP contribution in [0.5, 0.6) is 0 Å². The lowest BCUT2D eigenvalue weighted by molar-refractivity contribution is 1.35. The zero-order valence-corrected chi connectivity index (χ0v) is 10.9. The third-order valence-electron chi connectivity index (χ3n) is 3.63. The summed E-state index contributed by atoms with van der Waals surface area (Å²) in [6.45, 7) is 0. The van der Waals surface area contributed by atoms with Crippen molar-refractivity contribution in [3.8, 4) is 0 Å². The molecule has 1 aromatic heterocycles. The first-order valence-corrected chi connectivity index (χ1v) is 7.74. The smallest absolute Gasteiger partial charge is 0.00210 e. The Bertz CT molecular complexity index is 729. The molecule has 0 saturated carbocycles. The maximum absolute atomic E-state index is 2.45. The van der Waals surface area contributed by atoms with Crippen molar-refractivity contribution in [1.82, 2.24) is 0 Å². The quantitative estimate of drug-likeness (QED) is 0.542. The summed E-state index contributed by atoms with van der Waals surface area (Å²) in [5.74, 6) is 4.89. The summed E-state index contributed by atoms with van der Waals surface area (Å²) in [4.78, 5) is 0. The first kappa shape index (κ1) is 10.2. The summed E-state index contributed by atoms with van der Waals surface area (Å²) < 4.78 is 0. The van der Waals surface area contributed by atoms with Crippen molar-refractivity contribution >= 4 is 29.7 Å². The number of fused-ring (bicyclic) bond motifs is 2. The van der Waals surface area contributed by atoms with Crippen LogP contribution >= 0.6 is 7.53 Å². The first-order chi connectivity index (χ1) is 8.90. The van der Waals surface area contributed by atoms with E-state index in [1.165, 1.54) is 21.9 Å². The van der Waals surface area contributed by atoms with Crippen molar-refractivity contribution in [3.63, 3.8) is 0 Å². The Morgan fingerprint density at radius 2 is 1.44 bits per heavy atom. The summed E-state index contributed by atoms with van der Waals surface area (Å²) >= 11 is 0. The molecule has 1 heterocycles. The lowest BCUT2D eigenvalue weighted by Gasteiger charge is -1.98. The average Bonchev–Trinajstić information content (AvgIpc) is 3.02. The molecule has 0 fully saturated rings. The largest absolute Gasteiger partial charge is 0.0960 e. The monoisotopic (exact) mass is 248 g/mol. The van der Waals surface area contributed by atoms with Gasteiger partial charge in [-0.1, -0.05) is 56.1 Å². The summed E-state index contributed by atoms with van der Waals surface area (Å²) in [6.07, 6.45) is 3.52. The normalized spacial score (nSPS) is 13.7. The molecule has 1 aliphatic rings. The highest BCUT2D eigenvalue weighted by Gasteiger charge is 2.13. The van der Waals surface area contributed by atoms with Gasteiger partial charge in [-0.3, -0.25) is 0 Å². The molecule has 1 aliphatic carbocycles. The highest BCUT2D eigenvalue weighted by molar-refractivity contribution is 7.60. The first-order valence-electron chi connectivity index (χ1n) is 6.26. The second-order valence-electron chi connectivity index (χ2n) is 4.81. The van der Waals surface area contributed by atoms with Crippen LogP contribution in [0, 0.1) is 0 Å². The zero-order chi connectivity index (χ0) is 11.9. The Morgan fingerprint density at radius 1 is 0.778 bits per heavy atom. The van der Waals surface area contributed by atoms with E-state index in [-0.39, 0.29) is 7.53 Å². The van der Waals surface area contributed by atoms with Crippen LogP contribution in [-0.2, 0) is 6.42 Å². The van der Waals surface area contributed by atoms with Gasteiger partial charge in [0.15, 0.2) is 0 Å². The molecule has 0 aliphatic heterocycles. The Kier molecular flexibility index (Phi) is 2.18. The molecule has 18 heavy (non-hydrogen) atoms. The average molecular weight is 248 g/mol. The van der Waals surface area contributed by atoms with Crippen LogP contribution in [-0.4, -0.2) is 0 Å². The van der Waals surface area contributed by atoms with E-state index in [1.54, 1.807) is 5.31 Å². The number of hydrogen-bond acceptors (Lipinski definition) is 0. The molecule has 0 N–H and O–H groups in total. The van der Waals surface area contributed by atoms with Crippen LogP contribution in [0.4, 0.5) is 0 Å². The second-order valence-corrected chi connectivity index (χ2v) is 6.71. The lowest BCUT2D eigenvalue weighted by atomic mass is 10.1. The van der Waals surface area contributed by atoms with Crippen molar-refractivity contribution in [2.45, 2.75) is 6.42 Å². The van der Waals surface area contributed by atoms with Gasteiger partial charge in [-0.15, -0.1) is 0 Å². The fraction of sp³-hybridized carbons (Fsp3) is 0.0588. The van der Waals surface area contributed by atoms with Gasteiger partial charge in [-0.25, -0.2) is 0 Å². The summed E-state index contributed by atoms with van der Waals surface area (Å²) in [6, 6.07) is 17.4. The van der Waals surface area contributed by atoms with E-state index in [0.717, 1.165) is 6.42 Å². The third kappa shape index (κ3) is 1.54. The number of rotatable bonds is 1. The molecule has 2 aromatic carbocycles. The Balaban J connectivity index is 1.82. The van der Waals surface area contributed by atoms with Gasteiger partial charge in [0, 0.05) is 6.42 Å². The molecule has 0 atom stereocenters. The second kappa shape index (κ2) is 3.86. The molecule has 86 valence electrons. The van der Waals surface area contributed by atoms with E-state index in [2.05, 4.69) is 66.2 Å². The van der Waals surface area contributed by atoms with Crippen LogP contribution < -0.4 is 0 Å². The fourth-order valence-corrected chi connectivity index (χ4v) is 4.79. The molecule has 1 heteroatoms. The van der Waals surface area contributed by atoms with Crippen LogP contribution in [0.2, 0.25) is 0 Å². The van der Waals surface area contributed by atoms with E-state index in [4.69, 9.17) is 0 Å². The van der Waals surface area contributed by atoms with Gasteiger partial charge >= 0.3 is 0 Å². The molecule has 0 nitrogen and oxygen atoms in total. The molecule has 0 radical (unpaired) electrons. The summed E-state index contributed by atoms with van der Waals surface area (Å²) in [7, 11) is -0.208. The highest BCUT2D eigenvalue weighted by Crippen LogP contribution is 2.48. The van der Waals surface area contributed by atoms with Crippen molar-refractivity contribution in [2.75, 3.05) is 0 Å². The standard InChI is InChI=1S/C17H13P/c1-2-6-14-10-17(9-13(14)5-1)18-11-15-7-3-4-8-16(15)12-18/h1-9,11-12H,10H2. The van der Waals surface area contributed by atoms with Gasteiger partial charge in [-0.05, 0) is 44.9 Å². The third-order valence-corrected chi connectivity index (χ3v) is 5.70. The van der Waals surface area contributed by atoms with Crippen LogP contribution in [0.25, 0.3) is 22.2 Å². The Labute approximate surface area is 108 Å². The minimum absolute atomic E-state index is 0.208. The van der Waals surface area contributed by atoms with Crippen LogP contribution in [0.1, 0.15) is 11.1 Å². The molecular formula is C17H13P. The van der Waals surface area contributed by atoms with Gasteiger partial charge in [0.05, 0.1) is 0 Å². The number of hydrogen-bond donors (Lipinski definition) is 0. The van der Waals surface area contributed by atoms with Gasteiger partial charge in [0.25, 0.3) is 0 Å². The molecule has 0 spiro atoms. The molecule has 0 saturated heterocycles. The van der Waals surface area contributed by atoms with Crippen LogP contribution in [0.3, 0.4) is 0 Å². The number of allylic oxidation sites excluding steroid dienone is 1. The minimum atomic E-state index is -0.208. The maximum Gasteiger partial charge on any atom is 0.00210 e. The summed E-state index contributed by atoms with van der Waals surface area (Å²) in [5.41, 5.74) is 2.89. The molecular weight excluding hydrogens is 235 g/mol. The lowest BCUT2D eigenvalue weighted by Crippen LogP contribution is -1.78. The minimum Gasteiger partial charge on any atom is -0.0960 e. The van der Waals surface area contributed by atoms with Crippen molar-refractivity contribution in [1.29, 1.82) is 0 Å². The fourth-order valence-electron chi connectivity index (χ4n) is 2.68. The molecule has 3 aromatic rings. The van der Waals surface area contributed by atoms with E-state index < -0.39 is 0 Å². The predicted molar refractivity (Wildman–Crippen MR) is 81.0 cm³/mol. The highest BCUT2D eigenvalue weighted by atomic mass is 31.1. The topological polar surface area (TPSA) is 0 Å². The van der Waals surface area contributed by atoms with Gasteiger partial charge in [0.1, 0.15) is 0 Å². The van der Waals surface area contributed by atoms with Crippen molar-refractivity contribution < 1.29 is 0 Å². The SMILES string of the molecule is C1=C(p2cc3ccccc3c2)Cc2ccccc21. The van der Waals surface area contributed by atoms with Gasteiger partial charge < -0.3 is 0 Å².